The quantitative estimate of drug-likeness (QED) is 0.813. The van der Waals surface area contributed by atoms with Crippen LogP contribution in [0.15, 0.2) is 36.6 Å². The Labute approximate surface area is 102 Å². The monoisotopic (exact) mass is 234 g/mol. The number of aliphatic hydroxyl groups excluding tert-OH is 1. The fourth-order valence-corrected chi connectivity index (χ4v) is 1.85. The summed E-state index contributed by atoms with van der Waals surface area (Å²) in [6.07, 6.45) is 5.41. The molecule has 92 valence electrons. The molecule has 1 heterocycles. The first-order valence-electron chi connectivity index (χ1n) is 6.01. The zero-order chi connectivity index (χ0) is 11.9. The van der Waals surface area contributed by atoms with Crippen LogP contribution in [0, 0.1) is 0 Å². The first-order valence-corrected chi connectivity index (χ1v) is 6.01. The SMILES string of the molecule is OC=CCCc1ccc(C2OCCCO2)cc1. The van der Waals surface area contributed by atoms with Crippen LogP contribution >= 0.6 is 0 Å². The van der Waals surface area contributed by atoms with E-state index in [1.54, 1.807) is 6.08 Å². The standard InChI is InChI=1S/C14H18O3/c15-9-2-1-4-12-5-7-13(8-6-12)14-16-10-3-11-17-14/h2,5-9,14-15H,1,3-4,10-11H2. The molecule has 0 aromatic heterocycles. The van der Waals surface area contributed by atoms with Crippen LogP contribution in [0.1, 0.15) is 30.3 Å². The van der Waals surface area contributed by atoms with E-state index in [0.29, 0.717) is 0 Å². The topological polar surface area (TPSA) is 38.7 Å². The van der Waals surface area contributed by atoms with Gasteiger partial charge in [0, 0.05) is 5.56 Å². The number of hydrogen-bond acceptors (Lipinski definition) is 3. The summed E-state index contributed by atoms with van der Waals surface area (Å²) in [5.74, 6) is 0. The summed E-state index contributed by atoms with van der Waals surface area (Å²) in [6, 6.07) is 8.27. The number of allylic oxidation sites excluding steroid dienone is 1. The summed E-state index contributed by atoms with van der Waals surface area (Å²) in [5, 5.41) is 8.54. The normalized spacial score (nSPS) is 17.6. The number of hydrogen-bond donors (Lipinski definition) is 1. The van der Waals surface area contributed by atoms with Crippen LogP contribution in [-0.2, 0) is 15.9 Å². The molecule has 0 bridgehead atoms. The van der Waals surface area contributed by atoms with Gasteiger partial charge in [-0.3, -0.25) is 0 Å². The fraction of sp³-hybridized carbons (Fsp3) is 0.429. The highest BCUT2D eigenvalue weighted by Gasteiger charge is 2.15. The Morgan fingerprint density at radius 1 is 1.18 bits per heavy atom. The van der Waals surface area contributed by atoms with E-state index in [1.807, 2.05) is 12.1 Å². The second kappa shape index (κ2) is 6.42. The molecule has 3 heteroatoms. The molecule has 0 amide bonds. The molecule has 1 N–H and O–H groups in total. The Balaban J connectivity index is 1.92. The molecule has 1 aromatic carbocycles. The Morgan fingerprint density at radius 3 is 2.53 bits per heavy atom. The van der Waals surface area contributed by atoms with Crippen LogP contribution in [0.3, 0.4) is 0 Å². The van der Waals surface area contributed by atoms with E-state index in [1.165, 1.54) is 5.56 Å². The maximum atomic E-state index is 8.54. The van der Waals surface area contributed by atoms with Gasteiger partial charge in [-0.05, 0) is 30.9 Å². The minimum Gasteiger partial charge on any atom is -0.516 e. The number of ether oxygens (including phenoxy) is 2. The van der Waals surface area contributed by atoms with Crippen molar-refractivity contribution < 1.29 is 14.6 Å². The van der Waals surface area contributed by atoms with E-state index in [4.69, 9.17) is 14.6 Å². The molecule has 0 saturated carbocycles. The predicted molar refractivity (Wildman–Crippen MR) is 65.8 cm³/mol. The van der Waals surface area contributed by atoms with Gasteiger partial charge >= 0.3 is 0 Å². The Kier molecular flexibility index (Phi) is 4.59. The average molecular weight is 234 g/mol. The fourth-order valence-electron chi connectivity index (χ4n) is 1.85. The van der Waals surface area contributed by atoms with Crippen molar-refractivity contribution in [3.63, 3.8) is 0 Å². The van der Waals surface area contributed by atoms with Gasteiger partial charge in [0.1, 0.15) is 0 Å². The highest BCUT2D eigenvalue weighted by atomic mass is 16.7. The van der Waals surface area contributed by atoms with Gasteiger partial charge in [-0.2, -0.15) is 0 Å². The molecule has 2 rings (SSSR count). The van der Waals surface area contributed by atoms with Crippen molar-refractivity contribution in [3.8, 4) is 0 Å². The lowest BCUT2D eigenvalue weighted by Gasteiger charge is -2.23. The summed E-state index contributed by atoms with van der Waals surface area (Å²) in [5.41, 5.74) is 2.33. The molecular formula is C14H18O3. The Hall–Kier alpha value is -1.32. The van der Waals surface area contributed by atoms with E-state index < -0.39 is 0 Å². The second-order valence-electron chi connectivity index (χ2n) is 4.09. The molecule has 1 aliphatic heterocycles. The van der Waals surface area contributed by atoms with Crippen molar-refractivity contribution >= 4 is 0 Å². The molecule has 1 saturated heterocycles. The van der Waals surface area contributed by atoms with Gasteiger partial charge < -0.3 is 14.6 Å². The first kappa shape index (κ1) is 12.1. The minimum absolute atomic E-state index is 0.199. The van der Waals surface area contributed by atoms with Crippen molar-refractivity contribution in [3.05, 3.63) is 47.7 Å². The third kappa shape index (κ3) is 3.58. The third-order valence-electron chi connectivity index (χ3n) is 2.78. The van der Waals surface area contributed by atoms with Gasteiger partial charge in [0.2, 0.25) is 0 Å². The number of benzene rings is 1. The minimum atomic E-state index is -0.199. The van der Waals surface area contributed by atoms with E-state index in [2.05, 4.69) is 12.1 Å². The maximum absolute atomic E-state index is 8.54. The van der Waals surface area contributed by atoms with Gasteiger partial charge in [0.15, 0.2) is 6.29 Å². The molecule has 1 aliphatic rings. The predicted octanol–water partition coefficient (Wildman–Crippen LogP) is 3.13. The van der Waals surface area contributed by atoms with Crippen LogP contribution < -0.4 is 0 Å². The van der Waals surface area contributed by atoms with Gasteiger partial charge in [0.25, 0.3) is 0 Å². The molecule has 0 radical (unpaired) electrons. The smallest absolute Gasteiger partial charge is 0.183 e. The van der Waals surface area contributed by atoms with Crippen molar-refractivity contribution in [2.45, 2.75) is 25.6 Å². The van der Waals surface area contributed by atoms with E-state index in [0.717, 1.165) is 44.3 Å². The molecule has 0 unspecified atom stereocenters. The zero-order valence-corrected chi connectivity index (χ0v) is 9.84. The summed E-state index contributed by atoms with van der Waals surface area (Å²) in [4.78, 5) is 0. The highest BCUT2D eigenvalue weighted by molar-refractivity contribution is 5.23. The third-order valence-corrected chi connectivity index (χ3v) is 2.78. The van der Waals surface area contributed by atoms with Crippen LogP contribution in [-0.4, -0.2) is 18.3 Å². The highest BCUT2D eigenvalue weighted by Crippen LogP contribution is 2.23. The zero-order valence-electron chi connectivity index (χ0n) is 9.84. The Bertz CT molecular complexity index is 350. The van der Waals surface area contributed by atoms with Gasteiger partial charge in [-0.1, -0.05) is 24.3 Å². The van der Waals surface area contributed by atoms with E-state index in [-0.39, 0.29) is 6.29 Å². The van der Waals surface area contributed by atoms with Gasteiger partial charge in [-0.15, -0.1) is 0 Å². The summed E-state index contributed by atoms with van der Waals surface area (Å²) in [7, 11) is 0. The first-order chi connectivity index (χ1) is 8.40. The molecule has 1 fully saturated rings. The van der Waals surface area contributed by atoms with Crippen LogP contribution in [0.2, 0.25) is 0 Å². The molecular weight excluding hydrogens is 216 g/mol. The molecule has 3 nitrogen and oxygen atoms in total. The van der Waals surface area contributed by atoms with Crippen molar-refractivity contribution in [1.29, 1.82) is 0 Å². The number of aryl methyl sites for hydroxylation is 1. The lowest BCUT2D eigenvalue weighted by Crippen LogP contribution is -2.17. The van der Waals surface area contributed by atoms with Crippen molar-refractivity contribution in [2.75, 3.05) is 13.2 Å². The Morgan fingerprint density at radius 2 is 1.88 bits per heavy atom. The van der Waals surface area contributed by atoms with Crippen molar-refractivity contribution in [2.24, 2.45) is 0 Å². The molecule has 17 heavy (non-hydrogen) atoms. The average Bonchev–Trinajstić information content (AvgIpc) is 2.41. The molecule has 0 spiro atoms. The van der Waals surface area contributed by atoms with Crippen LogP contribution in [0.4, 0.5) is 0 Å². The number of aliphatic hydroxyl groups is 1. The molecule has 0 aliphatic carbocycles. The maximum Gasteiger partial charge on any atom is 0.183 e. The lowest BCUT2D eigenvalue weighted by molar-refractivity contribution is -0.183. The van der Waals surface area contributed by atoms with Crippen LogP contribution in [0.5, 0.6) is 0 Å². The van der Waals surface area contributed by atoms with Crippen LogP contribution in [0.25, 0.3) is 0 Å². The van der Waals surface area contributed by atoms with Gasteiger partial charge in [-0.25, -0.2) is 0 Å². The van der Waals surface area contributed by atoms with Crippen molar-refractivity contribution in [1.82, 2.24) is 0 Å². The van der Waals surface area contributed by atoms with E-state index in [9.17, 15) is 0 Å². The summed E-state index contributed by atoms with van der Waals surface area (Å²) in [6.45, 7) is 1.54. The second-order valence-corrected chi connectivity index (χ2v) is 4.09. The summed E-state index contributed by atoms with van der Waals surface area (Å²) >= 11 is 0. The molecule has 1 aromatic rings. The molecule has 0 atom stereocenters. The van der Waals surface area contributed by atoms with E-state index >= 15 is 0 Å². The summed E-state index contributed by atoms with van der Waals surface area (Å²) < 4.78 is 11.1. The number of rotatable bonds is 4. The lowest BCUT2D eigenvalue weighted by atomic mass is 10.1. The van der Waals surface area contributed by atoms with Gasteiger partial charge in [0.05, 0.1) is 19.5 Å². The largest absolute Gasteiger partial charge is 0.516 e.